The van der Waals surface area contributed by atoms with Gasteiger partial charge in [-0.15, -0.1) is 0 Å². The van der Waals surface area contributed by atoms with Crippen molar-refractivity contribution in [2.45, 2.75) is 37.9 Å². The second-order valence-corrected chi connectivity index (χ2v) is 10.3. The number of nitrogens with one attached hydrogen (secondary N) is 1. The van der Waals surface area contributed by atoms with E-state index in [1.54, 1.807) is 6.07 Å². The summed E-state index contributed by atoms with van der Waals surface area (Å²) < 4.78 is 51.5. The lowest BCUT2D eigenvalue weighted by Crippen LogP contribution is -2.66. The Morgan fingerprint density at radius 2 is 1.95 bits per heavy atom. The molecule has 1 aliphatic heterocycles. The van der Waals surface area contributed by atoms with Crippen LogP contribution in [0, 0.1) is 5.41 Å². The zero-order valence-electron chi connectivity index (χ0n) is 12.8. The Morgan fingerprint density at radius 3 is 2.36 bits per heavy atom. The number of rotatable bonds is 3. The van der Waals surface area contributed by atoms with Gasteiger partial charge in [-0.1, -0.05) is 6.42 Å². The molecular weight excluding hydrogens is 310 g/mol. The Morgan fingerprint density at radius 1 is 1.27 bits per heavy atom. The van der Waals surface area contributed by atoms with Crippen LogP contribution in [0.1, 0.15) is 30.4 Å². The van der Waals surface area contributed by atoms with Crippen LogP contribution >= 0.6 is 7.14 Å². The molecule has 1 aromatic rings. The lowest BCUT2D eigenvalue weighted by atomic mass is 9.58. The fraction of sp³-hybridized carbons (Fsp3) is 0.625. The normalized spacial score (nSPS) is 24.0. The van der Waals surface area contributed by atoms with Crippen LogP contribution in [0.3, 0.4) is 0 Å². The van der Waals surface area contributed by atoms with Gasteiger partial charge in [-0.2, -0.15) is 13.2 Å². The van der Waals surface area contributed by atoms with Crippen molar-refractivity contribution in [3.63, 3.8) is 0 Å². The largest absolute Gasteiger partial charge is 0.416 e. The number of benzene rings is 1. The van der Waals surface area contributed by atoms with E-state index in [0.717, 1.165) is 25.5 Å². The van der Waals surface area contributed by atoms with Gasteiger partial charge < -0.3 is 9.88 Å². The number of hydrogen-bond donors (Lipinski definition) is 1. The summed E-state index contributed by atoms with van der Waals surface area (Å²) in [6.07, 6.45) is -0.281. The summed E-state index contributed by atoms with van der Waals surface area (Å²) in [6.45, 7) is 4.01. The molecule has 122 valence electrons. The monoisotopic (exact) mass is 331 g/mol. The first kappa shape index (κ1) is 16.1. The molecule has 2 nitrogen and oxygen atoms in total. The summed E-state index contributed by atoms with van der Waals surface area (Å²) in [4.78, 5) is 0. The SMILES string of the molecule is CP(C)(=O)c1cc(CC2NCC23CCC3)cc(C(F)(F)F)c1. The average molecular weight is 331 g/mol. The smallest absolute Gasteiger partial charge is 0.319 e. The van der Waals surface area contributed by atoms with Crippen molar-refractivity contribution in [3.8, 4) is 0 Å². The van der Waals surface area contributed by atoms with Crippen LogP contribution in [0.25, 0.3) is 0 Å². The molecule has 0 bridgehead atoms. The predicted octanol–water partition coefficient (Wildman–Crippen LogP) is 3.64. The summed E-state index contributed by atoms with van der Waals surface area (Å²) >= 11 is 0. The van der Waals surface area contributed by atoms with Crippen LogP contribution < -0.4 is 10.6 Å². The van der Waals surface area contributed by atoms with Gasteiger partial charge in [-0.05, 0) is 61.8 Å². The maximum Gasteiger partial charge on any atom is 0.416 e. The molecule has 0 aromatic heterocycles. The molecule has 1 atom stereocenters. The van der Waals surface area contributed by atoms with Crippen molar-refractivity contribution >= 4 is 12.4 Å². The molecule has 1 spiro atoms. The van der Waals surface area contributed by atoms with E-state index in [9.17, 15) is 17.7 Å². The third-order valence-electron chi connectivity index (χ3n) is 5.16. The Bertz CT molecular complexity index is 625. The molecule has 2 fully saturated rings. The van der Waals surface area contributed by atoms with E-state index in [0.29, 0.717) is 22.7 Å². The molecule has 1 saturated carbocycles. The minimum atomic E-state index is -4.40. The summed E-state index contributed by atoms with van der Waals surface area (Å²) in [7, 11) is -2.72. The maximum atomic E-state index is 13.1. The molecule has 1 aliphatic carbocycles. The van der Waals surface area contributed by atoms with Crippen LogP contribution in [-0.4, -0.2) is 25.9 Å². The Balaban J connectivity index is 1.91. The van der Waals surface area contributed by atoms with Gasteiger partial charge in [0.1, 0.15) is 7.14 Å². The average Bonchev–Trinajstić information content (AvgIpc) is 2.30. The van der Waals surface area contributed by atoms with E-state index >= 15 is 0 Å². The van der Waals surface area contributed by atoms with Crippen molar-refractivity contribution < 1.29 is 17.7 Å². The molecule has 1 saturated heterocycles. The Labute approximate surface area is 128 Å². The van der Waals surface area contributed by atoms with E-state index in [-0.39, 0.29) is 6.04 Å². The Kier molecular flexibility index (Phi) is 3.73. The lowest BCUT2D eigenvalue weighted by Gasteiger charge is -2.57. The van der Waals surface area contributed by atoms with E-state index in [1.165, 1.54) is 25.8 Å². The first-order chi connectivity index (χ1) is 10.1. The number of hydrogen-bond acceptors (Lipinski definition) is 2. The predicted molar refractivity (Wildman–Crippen MR) is 82.3 cm³/mol. The van der Waals surface area contributed by atoms with E-state index in [4.69, 9.17) is 0 Å². The Hall–Kier alpha value is -0.800. The summed E-state index contributed by atoms with van der Waals surface area (Å²) in [5.41, 5.74) is 0.249. The fourth-order valence-electron chi connectivity index (χ4n) is 3.48. The minimum Gasteiger partial charge on any atom is -0.319 e. The van der Waals surface area contributed by atoms with Crippen molar-refractivity contribution in [1.29, 1.82) is 0 Å². The van der Waals surface area contributed by atoms with Gasteiger partial charge in [0.25, 0.3) is 0 Å². The quantitative estimate of drug-likeness (QED) is 0.857. The highest BCUT2D eigenvalue weighted by molar-refractivity contribution is 7.70. The van der Waals surface area contributed by atoms with Gasteiger partial charge in [0.15, 0.2) is 0 Å². The first-order valence-electron chi connectivity index (χ1n) is 7.60. The van der Waals surface area contributed by atoms with Crippen LogP contribution in [0.4, 0.5) is 13.2 Å². The zero-order valence-corrected chi connectivity index (χ0v) is 13.7. The number of halogens is 3. The summed E-state index contributed by atoms with van der Waals surface area (Å²) in [6, 6.07) is 4.21. The standard InChI is InChI=1S/C16H21F3NOP/c1-22(2,21)13-7-11(6-12(9-13)16(17,18)19)8-14-15(10-20-14)4-3-5-15/h6-7,9,14,20H,3-5,8,10H2,1-2H3. The third-order valence-corrected chi connectivity index (χ3v) is 6.66. The topological polar surface area (TPSA) is 29.1 Å². The first-order valence-corrected chi connectivity index (χ1v) is 10.2. The molecule has 3 rings (SSSR count). The highest BCUT2D eigenvalue weighted by Gasteiger charge is 2.50. The van der Waals surface area contributed by atoms with Gasteiger partial charge in [-0.3, -0.25) is 0 Å². The van der Waals surface area contributed by atoms with Crippen molar-refractivity contribution in [2.75, 3.05) is 19.9 Å². The number of alkyl halides is 3. The lowest BCUT2D eigenvalue weighted by molar-refractivity contribution is -0.137. The summed E-state index contributed by atoms with van der Waals surface area (Å²) in [5.74, 6) is 0. The third kappa shape index (κ3) is 2.85. The highest BCUT2D eigenvalue weighted by atomic mass is 31.2. The minimum absolute atomic E-state index is 0.255. The van der Waals surface area contributed by atoms with Gasteiger partial charge in [0.2, 0.25) is 0 Å². The molecule has 1 heterocycles. The molecular formula is C16H21F3NOP. The highest BCUT2D eigenvalue weighted by Crippen LogP contribution is 2.49. The molecule has 2 aliphatic rings. The molecule has 0 amide bonds. The van der Waals surface area contributed by atoms with Crippen molar-refractivity contribution in [1.82, 2.24) is 5.32 Å². The molecule has 1 aromatic carbocycles. The van der Waals surface area contributed by atoms with Crippen molar-refractivity contribution in [3.05, 3.63) is 29.3 Å². The molecule has 1 unspecified atom stereocenters. The van der Waals surface area contributed by atoms with Gasteiger partial charge in [0.05, 0.1) is 5.56 Å². The van der Waals surface area contributed by atoms with Gasteiger partial charge in [-0.25, -0.2) is 0 Å². The van der Waals surface area contributed by atoms with Crippen LogP contribution in [0.2, 0.25) is 0 Å². The van der Waals surface area contributed by atoms with Crippen molar-refractivity contribution in [2.24, 2.45) is 5.41 Å². The zero-order chi connectivity index (χ0) is 16.2. The van der Waals surface area contributed by atoms with Crippen LogP contribution in [0.5, 0.6) is 0 Å². The fourth-order valence-corrected chi connectivity index (χ4v) is 4.41. The van der Waals surface area contributed by atoms with E-state index in [2.05, 4.69) is 5.32 Å². The molecule has 0 radical (unpaired) electrons. The second kappa shape index (κ2) is 5.10. The molecule has 22 heavy (non-hydrogen) atoms. The van der Waals surface area contributed by atoms with Crippen LogP contribution in [-0.2, 0) is 17.2 Å². The van der Waals surface area contributed by atoms with Gasteiger partial charge in [0, 0.05) is 17.9 Å². The van der Waals surface area contributed by atoms with Crippen LogP contribution in [0.15, 0.2) is 18.2 Å². The molecule has 1 N–H and O–H groups in total. The summed E-state index contributed by atoms with van der Waals surface area (Å²) in [5, 5.41) is 3.67. The maximum absolute atomic E-state index is 13.1. The molecule has 6 heteroatoms. The van der Waals surface area contributed by atoms with Gasteiger partial charge >= 0.3 is 6.18 Å². The van der Waals surface area contributed by atoms with E-state index < -0.39 is 18.9 Å². The van der Waals surface area contributed by atoms with E-state index in [1.807, 2.05) is 0 Å². The second-order valence-electron chi connectivity index (χ2n) is 7.09.